The third kappa shape index (κ3) is 2.03. The van der Waals surface area contributed by atoms with Crippen LogP contribution in [0.25, 0.3) is 33.1 Å². The first-order valence-electron chi connectivity index (χ1n) is 7.44. The molecule has 4 heteroatoms. The highest BCUT2D eigenvalue weighted by atomic mass is 16.5. The van der Waals surface area contributed by atoms with Crippen LogP contribution in [0.5, 0.6) is 5.75 Å². The number of fused-ring (bicyclic) bond motifs is 3. The molecule has 2 heterocycles. The second-order valence-corrected chi connectivity index (χ2v) is 5.58. The lowest BCUT2D eigenvalue weighted by atomic mass is 10.1. The number of hydrogen-bond donors (Lipinski definition) is 1. The van der Waals surface area contributed by atoms with E-state index >= 15 is 0 Å². The van der Waals surface area contributed by atoms with Gasteiger partial charge in [-0.3, -0.25) is 4.79 Å². The van der Waals surface area contributed by atoms with E-state index in [1.54, 1.807) is 18.7 Å². The van der Waals surface area contributed by atoms with E-state index in [1.165, 1.54) is 0 Å². The van der Waals surface area contributed by atoms with Crippen molar-refractivity contribution in [2.45, 2.75) is 0 Å². The average molecular weight is 304 g/mol. The van der Waals surface area contributed by atoms with Gasteiger partial charge in [0.05, 0.1) is 12.6 Å². The lowest BCUT2D eigenvalue weighted by Gasteiger charge is -2.05. The molecule has 4 rings (SSSR count). The van der Waals surface area contributed by atoms with Crippen LogP contribution in [0.15, 0.2) is 59.4 Å². The predicted molar refractivity (Wildman–Crippen MR) is 93.0 cm³/mol. The summed E-state index contributed by atoms with van der Waals surface area (Å²) < 4.78 is 6.88. The van der Waals surface area contributed by atoms with E-state index in [1.807, 2.05) is 54.6 Å². The van der Waals surface area contributed by atoms with E-state index in [0.29, 0.717) is 5.52 Å². The Morgan fingerprint density at radius 3 is 2.48 bits per heavy atom. The van der Waals surface area contributed by atoms with Gasteiger partial charge in [-0.15, -0.1) is 0 Å². The summed E-state index contributed by atoms with van der Waals surface area (Å²) in [6.45, 7) is 0. The Hall–Kier alpha value is -3.01. The van der Waals surface area contributed by atoms with Gasteiger partial charge in [-0.1, -0.05) is 18.2 Å². The lowest BCUT2D eigenvalue weighted by Crippen LogP contribution is -2.17. The van der Waals surface area contributed by atoms with Crippen LogP contribution in [0.4, 0.5) is 0 Å². The van der Waals surface area contributed by atoms with Gasteiger partial charge in [-0.2, -0.15) is 0 Å². The van der Waals surface area contributed by atoms with Crippen molar-refractivity contribution in [1.29, 1.82) is 0 Å². The Kier molecular flexibility index (Phi) is 2.98. The van der Waals surface area contributed by atoms with Crippen LogP contribution < -0.4 is 10.3 Å². The van der Waals surface area contributed by atoms with E-state index < -0.39 is 0 Å². The second-order valence-electron chi connectivity index (χ2n) is 5.58. The van der Waals surface area contributed by atoms with Gasteiger partial charge < -0.3 is 14.3 Å². The Labute approximate surface area is 132 Å². The largest absolute Gasteiger partial charge is 0.497 e. The topological polar surface area (TPSA) is 47.0 Å². The zero-order valence-corrected chi connectivity index (χ0v) is 13.0. The number of hydrogen-bond acceptors (Lipinski definition) is 2. The monoisotopic (exact) mass is 304 g/mol. The molecule has 0 bridgehead atoms. The highest BCUT2D eigenvalue weighted by Gasteiger charge is 2.12. The fraction of sp³-hybridized carbons (Fsp3) is 0.105. The maximum absolute atomic E-state index is 12.6. The molecule has 114 valence electrons. The molecule has 0 amide bonds. The summed E-state index contributed by atoms with van der Waals surface area (Å²) in [5, 5.41) is 2.02. The van der Waals surface area contributed by atoms with Gasteiger partial charge in [0.2, 0.25) is 0 Å². The van der Waals surface area contributed by atoms with E-state index in [2.05, 4.69) is 4.98 Å². The van der Waals surface area contributed by atoms with Gasteiger partial charge >= 0.3 is 0 Å². The average Bonchev–Trinajstić information content (AvgIpc) is 3.05. The van der Waals surface area contributed by atoms with Crippen molar-refractivity contribution in [3.63, 3.8) is 0 Å². The lowest BCUT2D eigenvalue weighted by molar-refractivity contribution is 0.415. The predicted octanol–water partition coefficient (Wildman–Crippen LogP) is 3.70. The molecule has 1 N–H and O–H groups in total. The number of nitrogens with one attached hydrogen (secondary N) is 1. The molecule has 4 aromatic rings. The van der Waals surface area contributed by atoms with E-state index in [4.69, 9.17) is 4.74 Å². The smallest absolute Gasteiger partial charge is 0.275 e. The zero-order valence-electron chi connectivity index (χ0n) is 13.0. The van der Waals surface area contributed by atoms with Crippen LogP contribution >= 0.6 is 0 Å². The summed E-state index contributed by atoms with van der Waals surface area (Å²) in [4.78, 5) is 15.9. The van der Waals surface area contributed by atoms with Gasteiger partial charge in [0, 0.05) is 23.5 Å². The van der Waals surface area contributed by atoms with Crippen molar-refractivity contribution in [3.05, 3.63) is 65.0 Å². The second kappa shape index (κ2) is 5.02. The number of methoxy groups -OCH3 is 1. The molecule has 4 nitrogen and oxygen atoms in total. The van der Waals surface area contributed by atoms with E-state index in [-0.39, 0.29) is 5.56 Å². The highest BCUT2D eigenvalue weighted by molar-refractivity contribution is 6.06. The molecule has 0 aliphatic carbocycles. The molecule has 0 atom stereocenters. The number of nitrogens with zero attached hydrogens (tertiary/aromatic N) is 1. The van der Waals surface area contributed by atoms with Crippen molar-refractivity contribution >= 4 is 21.8 Å². The molecule has 0 saturated heterocycles. The zero-order chi connectivity index (χ0) is 16.0. The Morgan fingerprint density at radius 2 is 1.74 bits per heavy atom. The summed E-state index contributed by atoms with van der Waals surface area (Å²) in [5.74, 6) is 0.811. The number of pyridine rings is 1. The molecule has 0 unspecified atom stereocenters. The van der Waals surface area contributed by atoms with Crippen LogP contribution in [0.2, 0.25) is 0 Å². The molecule has 0 radical (unpaired) electrons. The van der Waals surface area contributed by atoms with Crippen LogP contribution in [0.1, 0.15) is 0 Å². The molecule has 0 fully saturated rings. The molecule has 0 saturated carbocycles. The fourth-order valence-corrected chi connectivity index (χ4v) is 3.03. The molecule has 0 aliphatic rings. The minimum absolute atomic E-state index is 0.0153. The number of H-pyrrole nitrogens is 1. The molecular weight excluding hydrogens is 288 g/mol. The highest BCUT2D eigenvalue weighted by Crippen LogP contribution is 2.28. The Bertz CT molecular complexity index is 1070. The van der Waals surface area contributed by atoms with Crippen molar-refractivity contribution in [3.8, 4) is 17.0 Å². The minimum Gasteiger partial charge on any atom is -0.497 e. The van der Waals surface area contributed by atoms with E-state index in [0.717, 1.165) is 33.3 Å². The molecule has 2 aromatic carbocycles. The number of aryl methyl sites for hydroxylation is 1. The van der Waals surface area contributed by atoms with E-state index in [9.17, 15) is 4.79 Å². The summed E-state index contributed by atoms with van der Waals surface area (Å²) in [5.41, 5.74) is 3.50. The number of ether oxygens (including phenoxy) is 1. The van der Waals surface area contributed by atoms with Gasteiger partial charge in [-0.05, 0) is 42.0 Å². The number of para-hydroxylation sites is 1. The van der Waals surface area contributed by atoms with Gasteiger partial charge in [0.25, 0.3) is 5.56 Å². The minimum atomic E-state index is -0.0153. The fourth-order valence-electron chi connectivity index (χ4n) is 3.03. The molecule has 2 aromatic heterocycles. The summed E-state index contributed by atoms with van der Waals surface area (Å²) in [6.07, 6.45) is 0. The maximum Gasteiger partial charge on any atom is 0.275 e. The molecule has 23 heavy (non-hydrogen) atoms. The van der Waals surface area contributed by atoms with Crippen LogP contribution in [-0.4, -0.2) is 16.7 Å². The van der Waals surface area contributed by atoms with Gasteiger partial charge in [0.15, 0.2) is 0 Å². The molecule has 0 aliphatic heterocycles. The first-order chi connectivity index (χ1) is 11.2. The first-order valence-corrected chi connectivity index (χ1v) is 7.44. The molecular formula is C19H16N2O2. The number of rotatable bonds is 2. The number of benzene rings is 2. The Morgan fingerprint density at radius 1 is 1.00 bits per heavy atom. The third-order valence-electron chi connectivity index (χ3n) is 4.29. The van der Waals surface area contributed by atoms with Crippen molar-refractivity contribution in [1.82, 2.24) is 9.55 Å². The summed E-state index contributed by atoms with van der Waals surface area (Å²) in [7, 11) is 3.45. The quantitative estimate of drug-likeness (QED) is 0.614. The van der Waals surface area contributed by atoms with Crippen molar-refractivity contribution in [2.24, 2.45) is 7.05 Å². The standard InChI is InChI=1S/C19H16N2O2/c1-21-17-6-4-3-5-14(17)15-11-16(20-18(15)19(21)22)12-7-9-13(23-2)10-8-12/h3-11,20H,1-2H3. The normalized spacial score (nSPS) is 11.2. The summed E-state index contributed by atoms with van der Waals surface area (Å²) in [6, 6.07) is 17.8. The van der Waals surface area contributed by atoms with Crippen molar-refractivity contribution in [2.75, 3.05) is 7.11 Å². The SMILES string of the molecule is COc1ccc(-c2cc3c([nH]2)c(=O)n(C)c2ccccc32)cc1. The third-order valence-corrected chi connectivity index (χ3v) is 4.29. The van der Waals surface area contributed by atoms with Crippen LogP contribution in [0.3, 0.4) is 0 Å². The number of aromatic amines is 1. The van der Waals surface area contributed by atoms with Crippen molar-refractivity contribution < 1.29 is 4.74 Å². The molecule has 0 spiro atoms. The number of aromatic nitrogens is 2. The van der Waals surface area contributed by atoms with Gasteiger partial charge in [0.1, 0.15) is 11.3 Å². The van der Waals surface area contributed by atoms with Crippen LogP contribution in [-0.2, 0) is 7.05 Å². The van der Waals surface area contributed by atoms with Crippen LogP contribution in [0, 0.1) is 0 Å². The maximum atomic E-state index is 12.6. The summed E-state index contributed by atoms with van der Waals surface area (Å²) >= 11 is 0. The first kappa shape index (κ1) is 13.6. The van der Waals surface area contributed by atoms with Gasteiger partial charge in [-0.25, -0.2) is 0 Å². The Balaban J connectivity index is 2.02.